The summed E-state index contributed by atoms with van der Waals surface area (Å²) in [5.74, 6) is -0.464. The molecule has 146 valence electrons. The molecule has 0 fully saturated rings. The molecule has 0 N–H and O–H groups in total. The number of carbonyl (C=O) groups excluding carboxylic acids is 1. The largest absolute Gasteiger partial charge is 0.458 e. The highest BCUT2D eigenvalue weighted by Gasteiger charge is 2.08. The fourth-order valence-electron chi connectivity index (χ4n) is 2.73. The van der Waals surface area contributed by atoms with Crippen molar-refractivity contribution in [2.24, 2.45) is 5.16 Å². The van der Waals surface area contributed by atoms with E-state index in [9.17, 15) is 4.79 Å². The summed E-state index contributed by atoms with van der Waals surface area (Å²) in [5.41, 5.74) is 4.74. The Morgan fingerprint density at radius 1 is 0.862 bits per heavy atom. The van der Waals surface area contributed by atoms with Crippen molar-refractivity contribution >= 4 is 17.8 Å². The molecule has 0 aliphatic carbocycles. The molecule has 0 radical (unpaired) electrons. The van der Waals surface area contributed by atoms with Gasteiger partial charge >= 0.3 is 5.97 Å². The van der Waals surface area contributed by atoms with Gasteiger partial charge in [0.1, 0.15) is 6.61 Å². The maximum absolute atomic E-state index is 12.0. The van der Waals surface area contributed by atoms with Crippen LogP contribution in [-0.2, 0) is 27.4 Å². The molecule has 0 amide bonds. The van der Waals surface area contributed by atoms with Crippen molar-refractivity contribution in [3.8, 4) is 0 Å². The van der Waals surface area contributed by atoms with E-state index in [2.05, 4.69) is 11.7 Å². The van der Waals surface area contributed by atoms with Crippen molar-refractivity contribution in [2.45, 2.75) is 13.0 Å². The Morgan fingerprint density at radius 2 is 1.52 bits per heavy atom. The summed E-state index contributed by atoms with van der Waals surface area (Å²) in [6.07, 6.45) is 2.37. The van der Waals surface area contributed by atoms with Crippen LogP contribution in [0.1, 0.15) is 22.3 Å². The van der Waals surface area contributed by atoms with Crippen LogP contribution in [-0.4, -0.2) is 18.3 Å². The minimum absolute atomic E-state index is 0.193. The standard InChI is InChI=1S/C25H23NO3/c1-2-20-13-15-22(16-14-20)18-28-25(27)19-29-26-24(23-11-7-4-8-12-23)17-21-9-5-3-6-10-21/h2-16H,1,17-19H2. The van der Waals surface area contributed by atoms with Crippen LogP contribution in [0.25, 0.3) is 6.08 Å². The van der Waals surface area contributed by atoms with Crippen LogP contribution in [0.3, 0.4) is 0 Å². The van der Waals surface area contributed by atoms with Gasteiger partial charge in [0.05, 0.1) is 5.71 Å². The number of nitrogens with zero attached hydrogens (tertiary/aromatic N) is 1. The molecule has 0 heterocycles. The van der Waals surface area contributed by atoms with Crippen molar-refractivity contribution in [2.75, 3.05) is 6.61 Å². The minimum atomic E-state index is -0.464. The zero-order valence-electron chi connectivity index (χ0n) is 16.2. The number of hydrogen-bond acceptors (Lipinski definition) is 4. The molecule has 3 aromatic carbocycles. The highest BCUT2D eigenvalue weighted by Crippen LogP contribution is 2.10. The van der Waals surface area contributed by atoms with Crippen molar-refractivity contribution in [1.29, 1.82) is 0 Å². The van der Waals surface area contributed by atoms with Crippen LogP contribution in [0, 0.1) is 0 Å². The van der Waals surface area contributed by atoms with E-state index in [1.807, 2.05) is 84.9 Å². The van der Waals surface area contributed by atoms with Gasteiger partial charge in [0.2, 0.25) is 6.61 Å². The lowest BCUT2D eigenvalue weighted by Crippen LogP contribution is -2.13. The molecule has 29 heavy (non-hydrogen) atoms. The zero-order valence-corrected chi connectivity index (χ0v) is 16.2. The van der Waals surface area contributed by atoms with Gasteiger partial charge in [-0.2, -0.15) is 0 Å². The average Bonchev–Trinajstić information content (AvgIpc) is 2.78. The van der Waals surface area contributed by atoms with Gasteiger partial charge in [-0.1, -0.05) is 103 Å². The highest BCUT2D eigenvalue weighted by molar-refractivity contribution is 6.01. The third kappa shape index (κ3) is 6.47. The first kappa shape index (κ1) is 20.1. The highest BCUT2D eigenvalue weighted by atomic mass is 16.7. The average molecular weight is 385 g/mol. The molecule has 3 aromatic rings. The molecule has 0 aliphatic heterocycles. The molecule has 0 aromatic heterocycles. The number of rotatable bonds is 9. The van der Waals surface area contributed by atoms with Crippen LogP contribution in [0.5, 0.6) is 0 Å². The van der Waals surface area contributed by atoms with Gasteiger partial charge in [-0.25, -0.2) is 4.79 Å². The van der Waals surface area contributed by atoms with E-state index in [1.165, 1.54) is 0 Å². The second kappa shape index (κ2) is 10.6. The number of benzene rings is 3. The molecule has 0 saturated carbocycles. The van der Waals surface area contributed by atoms with Gasteiger partial charge in [-0.05, 0) is 22.3 Å². The Labute approximate surface area is 171 Å². The molecule has 0 unspecified atom stereocenters. The van der Waals surface area contributed by atoms with E-state index < -0.39 is 5.97 Å². The van der Waals surface area contributed by atoms with Gasteiger partial charge < -0.3 is 9.57 Å². The van der Waals surface area contributed by atoms with E-state index >= 15 is 0 Å². The Kier molecular flexibility index (Phi) is 7.35. The van der Waals surface area contributed by atoms with Gasteiger partial charge in [0.25, 0.3) is 0 Å². The van der Waals surface area contributed by atoms with Crippen LogP contribution in [0.2, 0.25) is 0 Å². The lowest BCUT2D eigenvalue weighted by atomic mass is 10.0. The normalized spacial score (nSPS) is 11.0. The smallest absolute Gasteiger partial charge is 0.347 e. The maximum atomic E-state index is 12.0. The van der Waals surface area contributed by atoms with Crippen LogP contribution in [0.4, 0.5) is 0 Å². The van der Waals surface area contributed by atoms with E-state index in [0.29, 0.717) is 6.42 Å². The maximum Gasteiger partial charge on any atom is 0.347 e. The summed E-state index contributed by atoms with van der Waals surface area (Å²) in [4.78, 5) is 17.3. The topological polar surface area (TPSA) is 47.9 Å². The monoisotopic (exact) mass is 385 g/mol. The third-order valence-electron chi connectivity index (χ3n) is 4.29. The van der Waals surface area contributed by atoms with Crippen LogP contribution >= 0.6 is 0 Å². The van der Waals surface area contributed by atoms with Crippen molar-refractivity contribution in [3.05, 3.63) is 114 Å². The summed E-state index contributed by atoms with van der Waals surface area (Å²) in [7, 11) is 0. The third-order valence-corrected chi connectivity index (χ3v) is 4.29. The first-order valence-corrected chi connectivity index (χ1v) is 9.40. The van der Waals surface area contributed by atoms with E-state index in [1.54, 1.807) is 6.08 Å². The first-order chi connectivity index (χ1) is 14.2. The number of oxime groups is 1. The van der Waals surface area contributed by atoms with E-state index in [-0.39, 0.29) is 13.2 Å². The molecule has 3 rings (SSSR count). The lowest BCUT2D eigenvalue weighted by Gasteiger charge is -2.08. The molecule has 0 bridgehead atoms. The van der Waals surface area contributed by atoms with Crippen molar-refractivity contribution in [3.63, 3.8) is 0 Å². The zero-order chi connectivity index (χ0) is 20.3. The van der Waals surface area contributed by atoms with Crippen LogP contribution in [0.15, 0.2) is 96.7 Å². The Morgan fingerprint density at radius 3 is 2.17 bits per heavy atom. The second-order valence-electron chi connectivity index (χ2n) is 6.45. The summed E-state index contributed by atoms with van der Waals surface area (Å²) in [5, 5.41) is 4.21. The fraction of sp³-hybridized carbons (Fsp3) is 0.120. The minimum Gasteiger partial charge on any atom is -0.458 e. The SMILES string of the molecule is C=Cc1ccc(COC(=O)CON=C(Cc2ccccc2)c2ccccc2)cc1. The number of carbonyl (C=O) groups is 1. The number of esters is 1. The molecule has 0 atom stereocenters. The molecule has 0 aliphatic rings. The second-order valence-corrected chi connectivity index (χ2v) is 6.45. The van der Waals surface area contributed by atoms with Crippen molar-refractivity contribution in [1.82, 2.24) is 0 Å². The molecular weight excluding hydrogens is 362 g/mol. The van der Waals surface area contributed by atoms with Gasteiger partial charge in [-0.15, -0.1) is 0 Å². The van der Waals surface area contributed by atoms with Gasteiger partial charge in [0.15, 0.2) is 0 Å². The predicted molar refractivity (Wildman–Crippen MR) is 115 cm³/mol. The molecule has 4 heteroatoms. The summed E-state index contributed by atoms with van der Waals surface area (Å²) in [6.45, 7) is 3.67. The van der Waals surface area contributed by atoms with Crippen LogP contribution < -0.4 is 0 Å². The van der Waals surface area contributed by atoms with E-state index in [4.69, 9.17) is 9.57 Å². The van der Waals surface area contributed by atoms with Gasteiger partial charge in [0, 0.05) is 6.42 Å². The Balaban J connectivity index is 1.56. The van der Waals surface area contributed by atoms with Crippen molar-refractivity contribution < 1.29 is 14.4 Å². The first-order valence-electron chi connectivity index (χ1n) is 9.40. The Hall–Kier alpha value is -3.66. The van der Waals surface area contributed by atoms with Gasteiger partial charge in [-0.3, -0.25) is 0 Å². The summed E-state index contributed by atoms with van der Waals surface area (Å²) < 4.78 is 5.25. The quantitative estimate of drug-likeness (QED) is 0.295. The fourth-order valence-corrected chi connectivity index (χ4v) is 2.73. The summed E-state index contributed by atoms with van der Waals surface area (Å²) >= 11 is 0. The lowest BCUT2D eigenvalue weighted by molar-refractivity contribution is -0.150. The summed E-state index contributed by atoms with van der Waals surface area (Å²) in [6, 6.07) is 27.4. The number of ether oxygens (including phenoxy) is 1. The van der Waals surface area contributed by atoms with E-state index in [0.717, 1.165) is 28.0 Å². The molecule has 4 nitrogen and oxygen atoms in total. The molecular formula is C25H23NO3. The Bertz CT molecular complexity index is 948. The predicted octanol–water partition coefficient (Wildman–Crippen LogP) is 5.04. The molecule has 0 spiro atoms. The molecule has 0 saturated heterocycles. The number of hydrogen-bond donors (Lipinski definition) is 0.